The summed E-state index contributed by atoms with van der Waals surface area (Å²) in [5.41, 5.74) is 1.56. The summed E-state index contributed by atoms with van der Waals surface area (Å²) >= 11 is 0. The molecule has 5 nitrogen and oxygen atoms in total. The molecule has 1 amide bonds. The fraction of sp³-hybridized carbons (Fsp3) is 0.286. The second-order valence-corrected chi connectivity index (χ2v) is 4.33. The molecule has 1 aliphatic rings. The first-order chi connectivity index (χ1) is 9.08. The fourth-order valence-corrected chi connectivity index (χ4v) is 1.80. The molecular weight excluding hydrogens is 246 g/mol. The zero-order valence-corrected chi connectivity index (χ0v) is 10.8. The van der Waals surface area contributed by atoms with E-state index in [1.807, 2.05) is 30.3 Å². The molecule has 1 unspecified atom stereocenters. The minimum Gasteiger partial charge on any atom is -0.429 e. The number of ether oxygens (including phenoxy) is 2. The molecule has 100 valence electrons. The summed E-state index contributed by atoms with van der Waals surface area (Å²) < 4.78 is 10.1. The van der Waals surface area contributed by atoms with Crippen LogP contribution in [0.1, 0.15) is 12.5 Å². The molecule has 0 saturated carbocycles. The predicted molar refractivity (Wildman–Crippen MR) is 68.0 cm³/mol. The maximum atomic E-state index is 11.6. The van der Waals surface area contributed by atoms with E-state index < -0.39 is 12.4 Å². The fourth-order valence-electron chi connectivity index (χ4n) is 1.80. The summed E-state index contributed by atoms with van der Waals surface area (Å²) in [5, 5.41) is 0. The summed E-state index contributed by atoms with van der Waals surface area (Å²) in [7, 11) is 1.57. The summed E-state index contributed by atoms with van der Waals surface area (Å²) in [6.07, 6.45) is -0.0197. The Morgan fingerprint density at radius 2 is 2.00 bits per heavy atom. The summed E-state index contributed by atoms with van der Waals surface area (Å²) in [6.45, 7) is 1.88. The number of amides is 1. The monoisotopic (exact) mass is 261 g/mol. The first-order valence-electron chi connectivity index (χ1n) is 5.90. The van der Waals surface area contributed by atoms with Crippen molar-refractivity contribution >= 4 is 12.1 Å². The molecule has 19 heavy (non-hydrogen) atoms. The van der Waals surface area contributed by atoms with Crippen molar-refractivity contribution < 1.29 is 19.1 Å². The first kappa shape index (κ1) is 13.1. The van der Waals surface area contributed by atoms with E-state index in [0.29, 0.717) is 5.57 Å². The molecule has 0 aliphatic carbocycles. The van der Waals surface area contributed by atoms with Crippen molar-refractivity contribution in [3.8, 4) is 0 Å². The van der Waals surface area contributed by atoms with Gasteiger partial charge >= 0.3 is 6.16 Å². The molecule has 1 atom stereocenters. The molecule has 5 heteroatoms. The SMILES string of the molecule is CC1=CC(=O)N(C)C1OC(=O)OCc1ccccc1. The van der Waals surface area contributed by atoms with Gasteiger partial charge in [-0.25, -0.2) is 4.79 Å². The highest BCUT2D eigenvalue weighted by molar-refractivity contribution is 5.91. The normalized spacial score (nSPS) is 18.2. The number of nitrogens with zero attached hydrogens (tertiary/aromatic N) is 1. The average Bonchev–Trinajstić information content (AvgIpc) is 2.64. The van der Waals surface area contributed by atoms with Crippen LogP contribution in [0.2, 0.25) is 0 Å². The molecular formula is C14H15NO4. The number of carbonyl (C=O) groups is 2. The number of hydrogen-bond donors (Lipinski definition) is 0. The van der Waals surface area contributed by atoms with Crippen LogP contribution in [0.15, 0.2) is 42.0 Å². The van der Waals surface area contributed by atoms with E-state index in [9.17, 15) is 9.59 Å². The predicted octanol–water partition coefficient (Wildman–Crippen LogP) is 2.08. The van der Waals surface area contributed by atoms with Crippen molar-refractivity contribution in [2.24, 2.45) is 0 Å². The molecule has 0 radical (unpaired) electrons. The largest absolute Gasteiger partial charge is 0.510 e. The van der Waals surface area contributed by atoms with Gasteiger partial charge in [-0.15, -0.1) is 0 Å². The lowest BCUT2D eigenvalue weighted by molar-refractivity contribution is -0.130. The van der Waals surface area contributed by atoms with Gasteiger partial charge in [0.15, 0.2) is 0 Å². The van der Waals surface area contributed by atoms with Crippen LogP contribution >= 0.6 is 0 Å². The van der Waals surface area contributed by atoms with Crippen LogP contribution < -0.4 is 0 Å². The maximum Gasteiger partial charge on any atom is 0.510 e. The first-order valence-corrected chi connectivity index (χ1v) is 5.90. The van der Waals surface area contributed by atoms with Crippen LogP contribution in [-0.4, -0.2) is 30.2 Å². The van der Waals surface area contributed by atoms with E-state index in [0.717, 1.165) is 5.56 Å². The maximum absolute atomic E-state index is 11.6. The minimum absolute atomic E-state index is 0.146. The van der Waals surface area contributed by atoms with Gasteiger partial charge in [-0.05, 0) is 18.1 Å². The standard InChI is InChI=1S/C14H15NO4/c1-10-8-12(16)15(2)13(10)19-14(17)18-9-11-6-4-3-5-7-11/h3-8,13H,9H2,1-2H3. The van der Waals surface area contributed by atoms with Crippen molar-refractivity contribution in [1.82, 2.24) is 4.90 Å². The third-order valence-electron chi connectivity index (χ3n) is 2.85. The zero-order valence-electron chi connectivity index (χ0n) is 10.8. The van der Waals surface area contributed by atoms with E-state index in [1.54, 1.807) is 14.0 Å². The lowest BCUT2D eigenvalue weighted by Gasteiger charge is -2.21. The third kappa shape index (κ3) is 3.13. The molecule has 0 fully saturated rings. The number of rotatable bonds is 3. The van der Waals surface area contributed by atoms with Gasteiger partial charge in [-0.3, -0.25) is 4.79 Å². The molecule has 1 aliphatic heterocycles. The second-order valence-electron chi connectivity index (χ2n) is 4.33. The number of benzene rings is 1. The molecule has 0 bridgehead atoms. The van der Waals surface area contributed by atoms with Crippen molar-refractivity contribution in [3.05, 3.63) is 47.5 Å². The lowest BCUT2D eigenvalue weighted by atomic mass is 10.2. The van der Waals surface area contributed by atoms with E-state index in [1.165, 1.54) is 11.0 Å². The molecule has 1 aromatic rings. The Labute approximate surface area is 111 Å². The van der Waals surface area contributed by atoms with E-state index in [2.05, 4.69) is 0 Å². The van der Waals surface area contributed by atoms with Gasteiger partial charge in [0.05, 0.1) is 0 Å². The van der Waals surface area contributed by atoms with E-state index in [-0.39, 0.29) is 12.5 Å². The Hall–Kier alpha value is -2.30. The average molecular weight is 261 g/mol. The van der Waals surface area contributed by atoms with Crippen LogP contribution in [-0.2, 0) is 20.9 Å². The van der Waals surface area contributed by atoms with Gasteiger partial charge in [-0.2, -0.15) is 0 Å². The quantitative estimate of drug-likeness (QED) is 0.782. The highest BCUT2D eigenvalue weighted by Crippen LogP contribution is 2.19. The Morgan fingerprint density at radius 1 is 1.32 bits per heavy atom. The topological polar surface area (TPSA) is 55.8 Å². The number of hydrogen-bond acceptors (Lipinski definition) is 4. The van der Waals surface area contributed by atoms with Gasteiger partial charge < -0.3 is 14.4 Å². The molecule has 0 saturated heterocycles. The third-order valence-corrected chi connectivity index (χ3v) is 2.85. The van der Waals surface area contributed by atoms with Crippen LogP contribution in [0.3, 0.4) is 0 Å². The number of carbonyl (C=O) groups excluding carboxylic acids is 2. The van der Waals surface area contributed by atoms with Gasteiger partial charge in [0.25, 0.3) is 0 Å². The van der Waals surface area contributed by atoms with Gasteiger partial charge in [-0.1, -0.05) is 30.3 Å². The smallest absolute Gasteiger partial charge is 0.429 e. The Kier molecular flexibility index (Phi) is 3.85. The molecule has 0 spiro atoms. The molecule has 0 N–H and O–H groups in total. The number of likely N-dealkylation sites (N-methyl/N-ethyl adjacent to an activating group) is 1. The Morgan fingerprint density at radius 3 is 2.58 bits per heavy atom. The van der Waals surface area contributed by atoms with Crippen molar-refractivity contribution in [2.75, 3.05) is 7.05 Å². The molecule has 0 aromatic heterocycles. The Balaban J connectivity index is 1.85. The zero-order chi connectivity index (χ0) is 13.8. The van der Waals surface area contributed by atoms with Crippen LogP contribution in [0.5, 0.6) is 0 Å². The molecule has 2 rings (SSSR count). The highest BCUT2D eigenvalue weighted by Gasteiger charge is 2.30. The van der Waals surface area contributed by atoms with Crippen molar-refractivity contribution in [3.63, 3.8) is 0 Å². The van der Waals surface area contributed by atoms with Crippen LogP contribution in [0, 0.1) is 0 Å². The summed E-state index contributed by atoms with van der Waals surface area (Å²) in [6, 6.07) is 9.31. The van der Waals surface area contributed by atoms with Crippen LogP contribution in [0.4, 0.5) is 4.79 Å². The lowest BCUT2D eigenvalue weighted by Crippen LogP contribution is -2.35. The van der Waals surface area contributed by atoms with Crippen LogP contribution in [0.25, 0.3) is 0 Å². The summed E-state index contributed by atoms with van der Waals surface area (Å²) in [5.74, 6) is -0.182. The summed E-state index contributed by atoms with van der Waals surface area (Å²) in [4.78, 5) is 24.3. The minimum atomic E-state index is -0.789. The molecule has 1 aromatic carbocycles. The molecule has 1 heterocycles. The Bertz CT molecular complexity index is 509. The van der Waals surface area contributed by atoms with Gasteiger partial charge in [0.1, 0.15) is 6.61 Å². The van der Waals surface area contributed by atoms with E-state index >= 15 is 0 Å². The van der Waals surface area contributed by atoms with Crippen molar-refractivity contribution in [1.29, 1.82) is 0 Å². The van der Waals surface area contributed by atoms with Gasteiger partial charge in [0, 0.05) is 13.1 Å². The van der Waals surface area contributed by atoms with Gasteiger partial charge in [0.2, 0.25) is 12.1 Å². The highest BCUT2D eigenvalue weighted by atomic mass is 16.7. The second kappa shape index (κ2) is 5.56. The van der Waals surface area contributed by atoms with E-state index in [4.69, 9.17) is 9.47 Å². The van der Waals surface area contributed by atoms with Crippen molar-refractivity contribution in [2.45, 2.75) is 19.8 Å².